The fraction of sp³-hybridized carbons (Fsp3) is 1.00. The highest BCUT2D eigenvalue weighted by molar-refractivity contribution is 8.21. The van der Waals surface area contributed by atoms with Gasteiger partial charge < -0.3 is 0 Å². The molecule has 0 radical (unpaired) electrons. The van der Waals surface area contributed by atoms with Gasteiger partial charge in [-0.3, -0.25) is 0 Å². The standard InChI is InChI=1S/C11H22S2Si/c1-10-6-4-9-14(2,3)11(10)12-7-5-8-13-11/h10H,4-9H2,1-3H3. The lowest BCUT2D eigenvalue weighted by atomic mass is 10.1. The Hall–Kier alpha value is 0.917. The molecule has 0 aromatic carbocycles. The fourth-order valence-corrected chi connectivity index (χ4v) is 13.4. The first-order chi connectivity index (χ1) is 6.58. The highest BCUT2D eigenvalue weighted by Gasteiger charge is 2.53. The lowest BCUT2D eigenvalue weighted by molar-refractivity contribution is 0.502. The minimum atomic E-state index is -0.977. The SMILES string of the molecule is CC1CCC[Si](C)(C)C12SCCCS2. The molecule has 0 N–H and O–H groups in total. The van der Waals surface area contributed by atoms with E-state index in [1.165, 1.54) is 30.8 Å². The van der Waals surface area contributed by atoms with Crippen molar-refractivity contribution in [3.05, 3.63) is 0 Å². The molecule has 14 heavy (non-hydrogen) atoms. The first kappa shape index (κ1) is 11.4. The molecule has 1 unspecified atom stereocenters. The average molecular weight is 247 g/mol. The molecule has 0 aromatic heterocycles. The molecule has 0 nitrogen and oxygen atoms in total. The molecule has 2 heterocycles. The summed E-state index contributed by atoms with van der Waals surface area (Å²) in [6, 6.07) is 1.57. The number of rotatable bonds is 0. The Bertz CT molecular complexity index is 209. The van der Waals surface area contributed by atoms with E-state index in [2.05, 4.69) is 43.5 Å². The van der Waals surface area contributed by atoms with Gasteiger partial charge in [0, 0.05) is 0 Å². The molecule has 1 atom stereocenters. The molecule has 0 bridgehead atoms. The molecule has 2 aliphatic rings. The second-order valence-electron chi connectivity index (χ2n) is 5.40. The van der Waals surface area contributed by atoms with E-state index in [1.54, 1.807) is 6.04 Å². The lowest BCUT2D eigenvalue weighted by Crippen LogP contribution is -2.57. The van der Waals surface area contributed by atoms with Crippen molar-refractivity contribution in [1.82, 2.24) is 0 Å². The number of hydrogen-bond donors (Lipinski definition) is 0. The number of thioether (sulfide) groups is 2. The van der Waals surface area contributed by atoms with Gasteiger partial charge in [-0.1, -0.05) is 32.5 Å². The monoisotopic (exact) mass is 246 g/mol. The third-order valence-corrected chi connectivity index (χ3v) is 15.5. The topological polar surface area (TPSA) is 0 Å². The molecule has 3 heteroatoms. The van der Waals surface area contributed by atoms with Crippen LogP contribution in [0.25, 0.3) is 0 Å². The quantitative estimate of drug-likeness (QED) is 0.587. The summed E-state index contributed by atoms with van der Waals surface area (Å²) in [6.07, 6.45) is 4.42. The highest BCUT2D eigenvalue weighted by Crippen LogP contribution is 2.58. The second kappa shape index (κ2) is 4.06. The maximum atomic E-state index is 2.63. The molecule has 0 saturated carbocycles. The van der Waals surface area contributed by atoms with E-state index in [1.807, 2.05) is 0 Å². The molecule has 2 rings (SSSR count). The van der Waals surface area contributed by atoms with E-state index in [-0.39, 0.29) is 0 Å². The zero-order valence-corrected chi connectivity index (χ0v) is 12.3. The fourth-order valence-electron chi connectivity index (χ4n) is 3.10. The van der Waals surface area contributed by atoms with Crippen LogP contribution in [0, 0.1) is 5.92 Å². The summed E-state index contributed by atoms with van der Waals surface area (Å²) in [7, 11) is -0.977. The minimum absolute atomic E-state index is 0.684. The summed E-state index contributed by atoms with van der Waals surface area (Å²) in [5, 5.41) is 0. The summed E-state index contributed by atoms with van der Waals surface area (Å²) in [5.41, 5.74) is 0. The average Bonchev–Trinajstić information content (AvgIpc) is 2.16. The zero-order valence-electron chi connectivity index (χ0n) is 9.64. The van der Waals surface area contributed by atoms with Gasteiger partial charge in [0.2, 0.25) is 0 Å². The van der Waals surface area contributed by atoms with Crippen molar-refractivity contribution in [3.63, 3.8) is 0 Å². The molecule has 0 amide bonds. The summed E-state index contributed by atoms with van der Waals surface area (Å²) in [6.45, 7) is 7.78. The van der Waals surface area contributed by atoms with Crippen LogP contribution < -0.4 is 0 Å². The summed E-state index contributed by atoms with van der Waals surface area (Å²) in [4.78, 5) is 0. The van der Waals surface area contributed by atoms with Crippen LogP contribution in [0.3, 0.4) is 0 Å². The minimum Gasteiger partial charge on any atom is -0.147 e. The van der Waals surface area contributed by atoms with Crippen molar-refractivity contribution in [2.75, 3.05) is 11.5 Å². The van der Waals surface area contributed by atoms with E-state index in [4.69, 9.17) is 0 Å². The predicted molar refractivity (Wildman–Crippen MR) is 73.0 cm³/mol. The Kier molecular flexibility index (Phi) is 3.31. The molecule has 2 aliphatic heterocycles. The van der Waals surface area contributed by atoms with Crippen molar-refractivity contribution in [3.8, 4) is 0 Å². The van der Waals surface area contributed by atoms with Gasteiger partial charge in [0.15, 0.2) is 0 Å². The summed E-state index contributed by atoms with van der Waals surface area (Å²) < 4.78 is 0.684. The Morgan fingerprint density at radius 3 is 2.36 bits per heavy atom. The summed E-state index contributed by atoms with van der Waals surface area (Å²) >= 11 is 4.65. The van der Waals surface area contributed by atoms with Crippen molar-refractivity contribution in [2.24, 2.45) is 5.92 Å². The van der Waals surface area contributed by atoms with Crippen LogP contribution in [-0.4, -0.2) is 23.3 Å². The molecule has 2 saturated heterocycles. The van der Waals surface area contributed by atoms with Crippen LogP contribution in [0.5, 0.6) is 0 Å². The van der Waals surface area contributed by atoms with E-state index in [9.17, 15) is 0 Å². The smallest absolute Gasteiger partial charge is 0.0785 e. The van der Waals surface area contributed by atoms with Crippen LogP contribution in [0.15, 0.2) is 0 Å². The molecular formula is C11H22S2Si. The van der Waals surface area contributed by atoms with E-state index in [0.29, 0.717) is 3.70 Å². The third-order valence-electron chi connectivity index (χ3n) is 3.95. The molecule has 2 fully saturated rings. The number of hydrogen-bond acceptors (Lipinski definition) is 2. The highest BCUT2D eigenvalue weighted by atomic mass is 32.2. The van der Waals surface area contributed by atoms with Crippen molar-refractivity contribution in [1.29, 1.82) is 0 Å². The van der Waals surface area contributed by atoms with Gasteiger partial charge >= 0.3 is 0 Å². The first-order valence-electron chi connectivity index (χ1n) is 5.86. The lowest BCUT2D eigenvalue weighted by Gasteiger charge is -2.53. The zero-order chi connectivity index (χ0) is 10.2. The van der Waals surface area contributed by atoms with Crippen LogP contribution in [-0.2, 0) is 0 Å². The molecule has 0 aliphatic carbocycles. The van der Waals surface area contributed by atoms with E-state index < -0.39 is 8.07 Å². The molecule has 0 aromatic rings. The molecule has 1 spiro atoms. The Labute approximate surface area is 98.0 Å². The van der Waals surface area contributed by atoms with Crippen LogP contribution in [0.2, 0.25) is 19.1 Å². The van der Waals surface area contributed by atoms with E-state index >= 15 is 0 Å². The van der Waals surface area contributed by atoms with Gasteiger partial charge in [-0.2, -0.15) is 0 Å². The van der Waals surface area contributed by atoms with Gasteiger partial charge in [0.05, 0.1) is 11.8 Å². The van der Waals surface area contributed by atoms with Gasteiger partial charge in [0.25, 0.3) is 0 Å². The van der Waals surface area contributed by atoms with Gasteiger partial charge in [-0.15, -0.1) is 23.5 Å². The maximum absolute atomic E-state index is 2.63. The first-order valence-corrected chi connectivity index (χ1v) is 11.0. The van der Waals surface area contributed by atoms with Crippen LogP contribution in [0.4, 0.5) is 0 Å². The molecule has 82 valence electrons. The van der Waals surface area contributed by atoms with Gasteiger partial charge in [-0.25, -0.2) is 0 Å². The van der Waals surface area contributed by atoms with Gasteiger partial charge in [0.1, 0.15) is 0 Å². The van der Waals surface area contributed by atoms with Crippen LogP contribution >= 0.6 is 23.5 Å². The van der Waals surface area contributed by atoms with Crippen molar-refractivity contribution >= 4 is 31.6 Å². The van der Waals surface area contributed by atoms with Crippen LogP contribution in [0.1, 0.15) is 26.2 Å². The summed E-state index contributed by atoms with van der Waals surface area (Å²) in [5.74, 6) is 3.81. The normalized spacial score (nSPS) is 35.8. The Balaban J connectivity index is 2.25. The second-order valence-corrected chi connectivity index (χ2v) is 14.1. The largest absolute Gasteiger partial charge is 0.147 e. The Morgan fingerprint density at radius 2 is 1.79 bits per heavy atom. The van der Waals surface area contributed by atoms with Crippen molar-refractivity contribution < 1.29 is 0 Å². The van der Waals surface area contributed by atoms with Gasteiger partial charge in [-0.05, 0) is 30.3 Å². The van der Waals surface area contributed by atoms with Crippen molar-refractivity contribution in [2.45, 2.75) is 49.0 Å². The van der Waals surface area contributed by atoms with E-state index in [0.717, 1.165) is 5.92 Å². The maximum Gasteiger partial charge on any atom is 0.0785 e. The predicted octanol–water partition coefficient (Wildman–Crippen LogP) is 4.23. The molecular weight excluding hydrogens is 224 g/mol. The third kappa shape index (κ3) is 1.69. The Morgan fingerprint density at radius 1 is 1.14 bits per heavy atom.